The van der Waals surface area contributed by atoms with Gasteiger partial charge in [-0.25, -0.2) is 14.2 Å². The van der Waals surface area contributed by atoms with Gasteiger partial charge in [-0.05, 0) is 67.6 Å². The third kappa shape index (κ3) is 7.41. The van der Waals surface area contributed by atoms with Gasteiger partial charge < -0.3 is 29.4 Å². The second-order valence-electron chi connectivity index (χ2n) is 11.3. The first kappa shape index (κ1) is 30.9. The highest BCUT2D eigenvalue weighted by molar-refractivity contribution is 6.12. The lowest BCUT2D eigenvalue weighted by Crippen LogP contribution is -2.30. The normalized spacial score (nSPS) is 17.9. The number of carboxylic acid groups (broad SMARTS) is 1. The molecule has 46 heavy (non-hydrogen) atoms. The molecule has 2 fully saturated rings. The van der Waals surface area contributed by atoms with Crippen molar-refractivity contribution in [1.82, 2.24) is 9.55 Å². The number of aromatic nitrogens is 2. The van der Waals surface area contributed by atoms with E-state index < -0.39 is 30.0 Å². The van der Waals surface area contributed by atoms with Crippen molar-refractivity contribution in [3.05, 3.63) is 90.8 Å². The summed E-state index contributed by atoms with van der Waals surface area (Å²) in [6.07, 6.45) is 6.52. The van der Waals surface area contributed by atoms with Crippen molar-refractivity contribution < 1.29 is 33.4 Å². The molecule has 3 heterocycles. The Labute approximate surface area is 265 Å². The Morgan fingerprint density at radius 1 is 1.02 bits per heavy atom. The maximum Gasteiger partial charge on any atom is 0.409 e. The highest BCUT2D eigenvalue weighted by Gasteiger charge is 2.30. The zero-order valence-electron chi connectivity index (χ0n) is 25.0. The SMILES string of the molecule is O=C(O)Nc1cc(N2CC[C@@H](OC3CCCCO3)C2)c(-c2ccc(F)cc2)cc1NC(=O)CC(=O)c1cccc(-n2ccnc2)c1. The van der Waals surface area contributed by atoms with Crippen molar-refractivity contribution >= 4 is 34.8 Å². The van der Waals surface area contributed by atoms with Crippen LogP contribution in [0.2, 0.25) is 0 Å². The Kier molecular flexibility index (Phi) is 9.36. The van der Waals surface area contributed by atoms with Gasteiger partial charge in [0, 0.05) is 54.6 Å². The van der Waals surface area contributed by atoms with Crippen LogP contribution < -0.4 is 15.5 Å². The Morgan fingerprint density at radius 2 is 1.85 bits per heavy atom. The molecule has 1 aromatic heterocycles. The number of anilines is 3. The van der Waals surface area contributed by atoms with Crippen molar-refractivity contribution in [2.45, 2.75) is 44.5 Å². The largest absolute Gasteiger partial charge is 0.465 e. The van der Waals surface area contributed by atoms with Gasteiger partial charge in [0.25, 0.3) is 0 Å². The van der Waals surface area contributed by atoms with Gasteiger partial charge >= 0.3 is 6.09 Å². The van der Waals surface area contributed by atoms with E-state index in [0.717, 1.165) is 31.4 Å². The fraction of sp³-hybridized carbons (Fsp3) is 0.294. The van der Waals surface area contributed by atoms with Gasteiger partial charge in [-0.15, -0.1) is 0 Å². The molecule has 2 saturated heterocycles. The average Bonchev–Trinajstić information content (AvgIpc) is 3.76. The third-order valence-corrected chi connectivity index (χ3v) is 8.07. The Hall–Kier alpha value is -5.07. The van der Waals surface area contributed by atoms with Gasteiger partial charge in [0.15, 0.2) is 12.1 Å². The smallest absolute Gasteiger partial charge is 0.409 e. The second kappa shape index (κ2) is 13.9. The van der Waals surface area contributed by atoms with E-state index in [-0.39, 0.29) is 23.8 Å². The van der Waals surface area contributed by atoms with E-state index in [9.17, 15) is 23.9 Å². The highest BCUT2D eigenvalue weighted by atomic mass is 19.1. The van der Waals surface area contributed by atoms with Crippen LogP contribution in [0, 0.1) is 5.82 Å². The summed E-state index contributed by atoms with van der Waals surface area (Å²) in [6.45, 7) is 1.85. The first-order valence-electron chi connectivity index (χ1n) is 15.2. The zero-order valence-corrected chi connectivity index (χ0v) is 25.0. The maximum absolute atomic E-state index is 13.9. The molecule has 2 aliphatic rings. The number of amides is 2. The topological polar surface area (TPSA) is 135 Å². The maximum atomic E-state index is 13.9. The van der Waals surface area contributed by atoms with E-state index in [0.29, 0.717) is 42.1 Å². The van der Waals surface area contributed by atoms with Gasteiger partial charge in [0.1, 0.15) is 5.82 Å². The molecule has 3 aromatic carbocycles. The number of ketones is 1. The summed E-state index contributed by atoms with van der Waals surface area (Å²) < 4.78 is 27.6. The number of ether oxygens (including phenoxy) is 2. The Morgan fingerprint density at radius 3 is 2.59 bits per heavy atom. The second-order valence-corrected chi connectivity index (χ2v) is 11.3. The van der Waals surface area contributed by atoms with E-state index in [1.54, 1.807) is 65.8 Å². The molecular weight excluding hydrogens is 593 g/mol. The van der Waals surface area contributed by atoms with Crippen LogP contribution >= 0.6 is 0 Å². The molecule has 0 saturated carbocycles. The zero-order chi connectivity index (χ0) is 32.0. The van der Waals surface area contributed by atoms with Gasteiger partial charge in [-0.3, -0.25) is 14.9 Å². The van der Waals surface area contributed by atoms with Crippen molar-refractivity contribution in [1.29, 1.82) is 0 Å². The molecule has 238 valence electrons. The minimum absolute atomic E-state index is 0.0854. The number of hydrogen-bond acceptors (Lipinski definition) is 7. The van der Waals surface area contributed by atoms with Crippen LogP contribution in [0.15, 0.2) is 79.4 Å². The van der Waals surface area contributed by atoms with Crippen LogP contribution in [0.3, 0.4) is 0 Å². The summed E-state index contributed by atoms with van der Waals surface area (Å²) in [5.74, 6) is -1.43. The third-order valence-electron chi connectivity index (χ3n) is 8.07. The van der Waals surface area contributed by atoms with Gasteiger partial charge in [-0.1, -0.05) is 24.3 Å². The van der Waals surface area contributed by atoms with Gasteiger partial charge in [-0.2, -0.15) is 0 Å². The summed E-state index contributed by atoms with van der Waals surface area (Å²) in [4.78, 5) is 44.2. The van der Waals surface area contributed by atoms with E-state index >= 15 is 0 Å². The highest BCUT2D eigenvalue weighted by Crippen LogP contribution is 2.40. The Balaban J connectivity index is 1.26. The first-order valence-corrected chi connectivity index (χ1v) is 15.2. The average molecular weight is 628 g/mol. The molecule has 1 unspecified atom stereocenters. The van der Waals surface area contributed by atoms with Crippen LogP contribution in [-0.2, 0) is 14.3 Å². The number of carbonyl (C=O) groups is 3. The first-order chi connectivity index (χ1) is 22.3. The van der Waals surface area contributed by atoms with Crippen molar-refractivity contribution in [2.24, 2.45) is 0 Å². The minimum atomic E-state index is -1.32. The van der Waals surface area contributed by atoms with Crippen molar-refractivity contribution in [3.63, 3.8) is 0 Å². The molecule has 0 radical (unpaired) electrons. The molecule has 3 N–H and O–H groups in total. The quantitative estimate of drug-likeness (QED) is 0.142. The number of imidazole rings is 1. The Bertz CT molecular complexity index is 1710. The number of nitrogens with zero attached hydrogens (tertiary/aromatic N) is 3. The van der Waals surface area contributed by atoms with Gasteiger partial charge in [0.2, 0.25) is 5.91 Å². The molecule has 0 bridgehead atoms. The van der Waals surface area contributed by atoms with Crippen molar-refractivity contribution in [2.75, 3.05) is 35.2 Å². The monoisotopic (exact) mass is 627 g/mol. The molecule has 0 spiro atoms. The molecule has 11 nitrogen and oxygen atoms in total. The molecule has 2 atom stereocenters. The van der Waals surface area contributed by atoms with Crippen LogP contribution in [0.5, 0.6) is 0 Å². The number of hydrogen-bond donors (Lipinski definition) is 3. The number of nitrogens with one attached hydrogen (secondary N) is 2. The fourth-order valence-corrected chi connectivity index (χ4v) is 5.82. The van der Waals surface area contributed by atoms with E-state index in [1.807, 2.05) is 6.07 Å². The number of benzene rings is 3. The minimum Gasteiger partial charge on any atom is -0.465 e. The number of carbonyl (C=O) groups excluding carboxylic acids is 2. The molecule has 2 amide bonds. The fourth-order valence-electron chi connectivity index (χ4n) is 5.82. The summed E-state index contributed by atoms with van der Waals surface area (Å²) in [5.41, 5.74) is 3.38. The van der Waals surface area contributed by atoms with E-state index in [2.05, 4.69) is 20.5 Å². The van der Waals surface area contributed by atoms with Gasteiger partial charge in [0.05, 0.1) is 30.2 Å². The van der Waals surface area contributed by atoms with Crippen LogP contribution in [0.1, 0.15) is 42.5 Å². The molecule has 6 rings (SSSR count). The van der Waals surface area contributed by atoms with Crippen LogP contribution in [0.4, 0.5) is 26.2 Å². The predicted molar refractivity (Wildman–Crippen MR) is 170 cm³/mol. The standard InChI is InChI=1S/C34H34FN5O6/c35-24-9-7-22(8-10-24)27-17-28(37-32(42)19-31(41)23-4-3-5-25(16-23)40-14-12-36-21-40)29(38-34(43)44)18-30(27)39-13-11-26(20-39)46-33-6-1-2-15-45-33/h3-5,7-10,12,14,16-18,21,26,33,38H,1-2,6,11,13,15,19-20H2,(H,37,42)(H,43,44)/t26-,33?/m1/s1. The van der Waals surface area contributed by atoms with E-state index in [4.69, 9.17) is 9.47 Å². The summed E-state index contributed by atoms with van der Waals surface area (Å²) in [6, 6.07) is 16.1. The lowest BCUT2D eigenvalue weighted by molar-refractivity contribution is -0.183. The summed E-state index contributed by atoms with van der Waals surface area (Å²) in [5, 5.41) is 14.8. The molecule has 4 aromatic rings. The molecule has 12 heteroatoms. The van der Waals surface area contributed by atoms with Crippen molar-refractivity contribution in [3.8, 4) is 16.8 Å². The summed E-state index contributed by atoms with van der Waals surface area (Å²) >= 11 is 0. The lowest BCUT2D eigenvalue weighted by atomic mass is 10.0. The lowest BCUT2D eigenvalue weighted by Gasteiger charge is -2.27. The predicted octanol–water partition coefficient (Wildman–Crippen LogP) is 6.10. The summed E-state index contributed by atoms with van der Waals surface area (Å²) in [7, 11) is 0. The number of rotatable bonds is 10. The molecule has 2 aliphatic heterocycles. The number of Topliss-reactive ketones (excluding diaryl/α,β-unsaturated/α-hetero) is 1. The molecule has 0 aliphatic carbocycles. The number of halogens is 1. The van der Waals surface area contributed by atoms with Crippen LogP contribution in [-0.4, -0.2) is 64.5 Å². The molecular formula is C34H34FN5O6. The van der Waals surface area contributed by atoms with E-state index in [1.165, 1.54) is 12.1 Å². The van der Waals surface area contributed by atoms with Crippen LogP contribution in [0.25, 0.3) is 16.8 Å².